The maximum Gasteiger partial charge on any atom is 0.297 e. The van der Waals surface area contributed by atoms with Gasteiger partial charge in [0.15, 0.2) is 10.9 Å². The fourth-order valence-corrected chi connectivity index (χ4v) is 5.20. The number of thioether (sulfide) groups is 1. The van der Waals surface area contributed by atoms with Gasteiger partial charge < -0.3 is 4.57 Å². The van der Waals surface area contributed by atoms with Crippen LogP contribution in [0.2, 0.25) is 0 Å². The average Bonchev–Trinajstić information content (AvgIpc) is 3.27. The van der Waals surface area contributed by atoms with Crippen LogP contribution < -0.4 is 11.0 Å². The lowest BCUT2D eigenvalue weighted by molar-refractivity contribution is 0.630. The van der Waals surface area contributed by atoms with E-state index in [9.17, 15) is 4.79 Å². The second-order valence-electron chi connectivity index (χ2n) is 8.74. The number of aliphatic imine (C=N–C) groups is 1. The minimum atomic E-state index is -0.150. The maximum atomic E-state index is 13.2. The van der Waals surface area contributed by atoms with Crippen molar-refractivity contribution in [2.45, 2.75) is 27.7 Å². The minimum Gasteiger partial charge on any atom is -0.318 e. The number of aromatic nitrogens is 3. The lowest BCUT2D eigenvalue weighted by Gasteiger charge is -2.15. The molecule has 0 aliphatic carbocycles. The van der Waals surface area contributed by atoms with Gasteiger partial charge in [0.25, 0.3) is 5.56 Å². The van der Waals surface area contributed by atoms with Crippen LogP contribution in [0.5, 0.6) is 0 Å². The molecular formula is C27H28N6OS. The Morgan fingerprint density at radius 3 is 2.31 bits per heavy atom. The molecule has 0 bridgehead atoms. The van der Waals surface area contributed by atoms with Gasteiger partial charge in [-0.05, 0) is 58.0 Å². The molecule has 4 aromatic rings. The first kappa shape index (κ1) is 23.0. The Balaban J connectivity index is 1.44. The van der Waals surface area contributed by atoms with Crippen LogP contribution in [0.25, 0.3) is 11.4 Å². The van der Waals surface area contributed by atoms with Gasteiger partial charge in [0.05, 0.1) is 17.1 Å². The Kier molecular flexibility index (Phi) is 5.98. The number of hydrogen-bond donors (Lipinski definition) is 1. The van der Waals surface area contributed by atoms with Gasteiger partial charge in [0.2, 0.25) is 0 Å². The summed E-state index contributed by atoms with van der Waals surface area (Å²) in [5.41, 5.74) is 11.7. The number of rotatable bonds is 4. The van der Waals surface area contributed by atoms with Crippen molar-refractivity contribution in [3.63, 3.8) is 0 Å². The predicted molar refractivity (Wildman–Crippen MR) is 145 cm³/mol. The summed E-state index contributed by atoms with van der Waals surface area (Å²) in [5.74, 6) is 0.669. The third-order valence-electron chi connectivity index (χ3n) is 6.40. The molecule has 1 aliphatic rings. The molecule has 1 aliphatic heterocycles. The largest absolute Gasteiger partial charge is 0.318 e. The highest BCUT2D eigenvalue weighted by molar-refractivity contribution is 8.14. The van der Waals surface area contributed by atoms with Gasteiger partial charge in [-0.25, -0.2) is 9.67 Å². The SMILES string of the molecule is Cc1ccc(-n2c(C)cc(C3=NNC(=Nc4c(C)n(C)n(-c5ccccc5)c4=O)SC3)c2C)cc1. The molecule has 0 unspecified atom stereocenters. The van der Waals surface area contributed by atoms with Crippen LogP contribution in [0.1, 0.15) is 28.2 Å². The van der Waals surface area contributed by atoms with Crippen LogP contribution in [0, 0.1) is 27.7 Å². The molecule has 0 spiro atoms. The van der Waals surface area contributed by atoms with Crippen LogP contribution in [0.15, 0.2) is 75.6 Å². The van der Waals surface area contributed by atoms with E-state index in [0.717, 1.165) is 39.7 Å². The van der Waals surface area contributed by atoms with E-state index >= 15 is 0 Å². The fourth-order valence-electron chi connectivity index (χ4n) is 4.44. The summed E-state index contributed by atoms with van der Waals surface area (Å²) in [6.07, 6.45) is 0. The molecule has 1 N–H and O–H groups in total. The number of nitrogens with one attached hydrogen (secondary N) is 1. The summed E-state index contributed by atoms with van der Waals surface area (Å²) in [6.45, 7) is 8.24. The third-order valence-corrected chi connectivity index (χ3v) is 7.28. The maximum absolute atomic E-state index is 13.2. The van der Waals surface area contributed by atoms with Gasteiger partial charge in [0.1, 0.15) is 0 Å². The first-order valence-corrected chi connectivity index (χ1v) is 12.5. The summed E-state index contributed by atoms with van der Waals surface area (Å²) in [6, 6.07) is 20.3. The number of para-hydroxylation sites is 1. The number of hydrogen-bond acceptors (Lipinski definition) is 4. The van der Waals surface area contributed by atoms with Gasteiger partial charge in [-0.15, -0.1) is 0 Å². The zero-order valence-electron chi connectivity index (χ0n) is 20.5. The first-order chi connectivity index (χ1) is 16.8. The topological polar surface area (TPSA) is 68.6 Å². The zero-order valence-corrected chi connectivity index (χ0v) is 21.3. The average molecular weight is 485 g/mol. The van der Waals surface area contributed by atoms with Crippen molar-refractivity contribution in [1.82, 2.24) is 19.4 Å². The van der Waals surface area contributed by atoms with Crippen molar-refractivity contribution in [1.29, 1.82) is 0 Å². The highest BCUT2D eigenvalue weighted by atomic mass is 32.2. The van der Waals surface area contributed by atoms with Crippen molar-refractivity contribution in [2.75, 3.05) is 5.75 Å². The molecule has 0 fully saturated rings. The van der Waals surface area contributed by atoms with E-state index < -0.39 is 0 Å². The molecule has 35 heavy (non-hydrogen) atoms. The molecule has 2 aromatic heterocycles. The highest BCUT2D eigenvalue weighted by Crippen LogP contribution is 2.25. The Morgan fingerprint density at radius 1 is 0.943 bits per heavy atom. The predicted octanol–water partition coefficient (Wildman–Crippen LogP) is 4.93. The van der Waals surface area contributed by atoms with Gasteiger partial charge in [-0.3, -0.25) is 14.9 Å². The highest BCUT2D eigenvalue weighted by Gasteiger charge is 2.21. The van der Waals surface area contributed by atoms with Crippen LogP contribution in [-0.2, 0) is 7.05 Å². The molecule has 0 atom stereocenters. The van der Waals surface area contributed by atoms with E-state index in [4.69, 9.17) is 0 Å². The smallest absolute Gasteiger partial charge is 0.297 e. The summed E-state index contributed by atoms with van der Waals surface area (Å²) in [5, 5.41) is 5.25. The number of aryl methyl sites for hydroxylation is 2. The molecule has 2 aromatic carbocycles. The molecule has 0 saturated carbocycles. The molecule has 0 radical (unpaired) electrons. The quantitative estimate of drug-likeness (QED) is 0.447. The number of benzene rings is 2. The van der Waals surface area contributed by atoms with Gasteiger partial charge in [-0.2, -0.15) is 5.10 Å². The van der Waals surface area contributed by atoms with E-state index in [-0.39, 0.29) is 5.56 Å². The summed E-state index contributed by atoms with van der Waals surface area (Å²) < 4.78 is 5.72. The fraction of sp³-hybridized carbons (Fsp3) is 0.222. The molecular weight excluding hydrogens is 456 g/mol. The first-order valence-electron chi connectivity index (χ1n) is 11.5. The van der Waals surface area contributed by atoms with Crippen LogP contribution in [0.3, 0.4) is 0 Å². The Hall–Kier alpha value is -3.78. The Bertz CT molecular complexity index is 1520. The van der Waals surface area contributed by atoms with Crippen molar-refractivity contribution in [3.8, 4) is 11.4 Å². The lowest BCUT2D eigenvalue weighted by Crippen LogP contribution is -2.26. The molecule has 8 heteroatoms. The summed E-state index contributed by atoms with van der Waals surface area (Å²) in [7, 11) is 1.87. The monoisotopic (exact) mass is 484 g/mol. The van der Waals surface area contributed by atoms with Crippen LogP contribution in [-0.4, -0.2) is 30.6 Å². The molecule has 3 heterocycles. The molecule has 5 rings (SSSR count). The Morgan fingerprint density at radius 2 is 1.66 bits per heavy atom. The summed E-state index contributed by atoms with van der Waals surface area (Å²) >= 11 is 1.55. The minimum absolute atomic E-state index is 0.150. The van der Waals surface area contributed by atoms with Gasteiger partial charge in [0, 0.05) is 35.4 Å². The standard InChI is InChI=1S/C27H28N6OS/c1-17-11-13-21(14-12-17)32-18(2)15-23(19(32)3)24-16-35-27(30-29-24)28-25-20(4)31(5)33(26(25)34)22-9-7-6-8-10-22/h6-15H,16H2,1-5H3,(H,28,30). The second kappa shape index (κ2) is 9.11. The number of nitrogens with zero attached hydrogens (tertiary/aromatic N) is 5. The lowest BCUT2D eigenvalue weighted by atomic mass is 10.1. The van der Waals surface area contributed by atoms with E-state index in [1.54, 1.807) is 16.4 Å². The zero-order chi connectivity index (χ0) is 24.7. The van der Waals surface area contributed by atoms with Crippen molar-refractivity contribution < 1.29 is 0 Å². The summed E-state index contributed by atoms with van der Waals surface area (Å²) in [4.78, 5) is 17.8. The third kappa shape index (κ3) is 4.14. The molecule has 7 nitrogen and oxygen atoms in total. The van der Waals surface area contributed by atoms with E-state index in [2.05, 4.69) is 71.2 Å². The van der Waals surface area contributed by atoms with Crippen molar-refractivity contribution >= 4 is 28.3 Å². The Labute approximate surface area is 208 Å². The normalized spacial score (nSPS) is 14.8. The van der Waals surface area contributed by atoms with Crippen molar-refractivity contribution in [3.05, 3.63) is 99.2 Å². The van der Waals surface area contributed by atoms with E-state index in [1.165, 1.54) is 5.56 Å². The van der Waals surface area contributed by atoms with Gasteiger partial charge in [-0.1, -0.05) is 47.7 Å². The van der Waals surface area contributed by atoms with E-state index in [1.807, 2.05) is 49.0 Å². The number of amidine groups is 1. The molecule has 178 valence electrons. The van der Waals surface area contributed by atoms with Crippen LogP contribution >= 0.6 is 11.8 Å². The molecule has 0 saturated heterocycles. The van der Waals surface area contributed by atoms with Gasteiger partial charge >= 0.3 is 0 Å². The van der Waals surface area contributed by atoms with Crippen molar-refractivity contribution in [2.24, 2.45) is 17.1 Å². The number of hydrazone groups is 1. The second-order valence-corrected chi connectivity index (χ2v) is 9.71. The van der Waals surface area contributed by atoms with E-state index in [0.29, 0.717) is 16.6 Å². The molecule has 0 amide bonds. The van der Waals surface area contributed by atoms with Crippen LogP contribution in [0.4, 0.5) is 5.69 Å².